The van der Waals surface area contributed by atoms with Crippen LogP contribution in [0.4, 0.5) is 5.82 Å². The Labute approximate surface area is 131 Å². The van der Waals surface area contributed by atoms with E-state index in [1.54, 1.807) is 0 Å². The van der Waals surface area contributed by atoms with E-state index in [4.69, 9.17) is 18.0 Å². The lowest BCUT2D eigenvalue weighted by Gasteiger charge is -2.22. The number of nitrogens with two attached hydrogens (primary N) is 1. The third-order valence-corrected chi connectivity index (χ3v) is 3.79. The number of hydrogen-bond donors (Lipinski definition) is 1. The van der Waals surface area contributed by atoms with Crippen molar-refractivity contribution >= 4 is 23.0 Å². The maximum atomic E-state index is 5.87. The van der Waals surface area contributed by atoms with Crippen molar-refractivity contribution in [3.8, 4) is 0 Å². The van der Waals surface area contributed by atoms with Crippen LogP contribution in [0.3, 0.4) is 0 Å². The molecule has 0 bridgehead atoms. The minimum atomic E-state index is 0.358. The van der Waals surface area contributed by atoms with Gasteiger partial charge in [0.1, 0.15) is 4.99 Å². The molecule has 0 spiro atoms. The largest absolute Gasteiger partial charge is 0.389 e. The highest BCUT2D eigenvalue weighted by atomic mass is 32.1. The van der Waals surface area contributed by atoms with E-state index in [0.29, 0.717) is 4.99 Å². The highest BCUT2D eigenvalue weighted by molar-refractivity contribution is 7.80. The number of nitrogens with zero attached hydrogens (tertiary/aromatic N) is 3. The molecule has 0 radical (unpaired) electrons. The Hall–Kier alpha value is -2.01. The fraction of sp³-hybridized carbons (Fsp3) is 0.312. The van der Waals surface area contributed by atoms with Gasteiger partial charge in [0.15, 0.2) is 5.82 Å². The molecule has 1 heterocycles. The summed E-state index contributed by atoms with van der Waals surface area (Å²) in [5.74, 6) is 0.728. The molecular weight excluding hydrogens is 280 g/mol. The molecule has 0 amide bonds. The van der Waals surface area contributed by atoms with Gasteiger partial charge in [0, 0.05) is 13.6 Å². The molecule has 0 saturated carbocycles. The van der Waals surface area contributed by atoms with Crippen LogP contribution in [0.2, 0.25) is 0 Å². The van der Waals surface area contributed by atoms with Crippen LogP contribution in [0.15, 0.2) is 24.3 Å². The summed E-state index contributed by atoms with van der Waals surface area (Å²) in [5.41, 5.74) is 11.0. The summed E-state index contributed by atoms with van der Waals surface area (Å²) in [6.07, 6.45) is 0. The van der Waals surface area contributed by atoms with Crippen molar-refractivity contribution in [2.75, 3.05) is 11.9 Å². The monoisotopic (exact) mass is 300 g/mol. The van der Waals surface area contributed by atoms with E-state index in [2.05, 4.69) is 41.4 Å². The first kappa shape index (κ1) is 15.4. The molecular formula is C16H20N4S. The van der Waals surface area contributed by atoms with E-state index in [9.17, 15) is 0 Å². The van der Waals surface area contributed by atoms with Crippen LogP contribution in [-0.4, -0.2) is 22.2 Å². The Balaban J connectivity index is 2.35. The van der Waals surface area contributed by atoms with E-state index in [-0.39, 0.29) is 0 Å². The number of thiocarbonyl (C=S) groups is 1. The van der Waals surface area contributed by atoms with Crippen molar-refractivity contribution in [2.24, 2.45) is 5.73 Å². The number of rotatable bonds is 4. The molecule has 110 valence electrons. The highest BCUT2D eigenvalue weighted by Gasteiger charge is 2.17. The maximum Gasteiger partial charge on any atom is 0.161 e. The SMILES string of the molecule is Cc1ccc(CN(C)c2nnc(C)c(C)c2C(N)=S)cc1. The standard InChI is InChI=1S/C16H20N4S/c1-10-5-7-13(8-6-10)9-20(4)16-14(15(17)21)11(2)12(3)18-19-16/h5-8H,9H2,1-4H3,(H2,17,21). The van der Waals surface area contributed by atoms with Crippen molar-refractivity contribution in [1.29, 1.82) is 0 Å². The molecule has 0 atom stereocenters. The third-order valence-electron chi connectivity index (χ3n) is 3.58. The molecule has 1 aromatic heterocycles. The predicted octanol–water partition coefficient (Wildman–Crippen LogP) is 2.67. The summed E-state index contributed by atoms with van der Waals surface area (Å²) in [5, 5.41) is 8.47. The first-order valence-corrected chi connectivity index (χ1v) is 7.21. The topological polar surface area (TPSA) is 55.0 Å². The molecule has 2 aromatic rings. The Morgan fingerprint density at radius 3 is 2.33 bits per heavy atom. The van der Waals surface area contributed by atoms with Gasteiger partial charge >= 0.3 is 0 Å². The molecule has 0 unspecified atom stereocenters. The fourth-order valence-electron chi connectivity index (χ4n) is 2.20. The predicted molar refractivity (Wildman–Crippen MR) is 90.7 cm³/mol. The lowest BCUT2D eigenvalue weighted by molar-refractivity contribution is 0.848. The zero-order valence-electron chi connectivity index (χ0n) is 12.8. The van der Waals surface area contributed by atoms with Gasteiger partial charge in [-0.2, -0.15) is 5.10 Å². The van der Waals surface area contributed by atoms with Crippen LogP contribution in [0.5, 0.6) is 0 Å². The number of hydrogen-bond acceptors (Lipinski definition) is 4. The summed E-state index contributed by atoms with van der Waals surface area (Å²) in [7, 11) is 1.97. The Morgan fingerprint density at radius 2 is 1.76 bits per heavy atom. The number of aromatic nitrogens is 2. The quantitative estimate of drug-likeness (QED) is 0.880. The fourth-order valence-corrected chi connectivity index (χ4v) is 2.44. The lowest BCUT2D eigenvalue weighted by atomic mass is 10.1. The second-order valence-electron chi connectivity index (χ2n) is 5.31. The molecule has 2 N–H and O–H groups in total. The summed E-state index contributed by atoms with van der Waals surface area (Å²) >= 11 is 5.18. The van der Waals surface area contributed by atoms with E-state index >= 15 is 0 Å². The lowest BCUT2D eigenvalue weighted by Crippen LogP contribution is -2.25. The van der Waals surface area contributed by atoms with Gasteiger partial charge in [-0.1, -0.05) is 42.0 Å². The minimum absolute atomic E-state index is 0.358. The normalized spacial score (nSPS) is 10.5. The van der Waals surface area contributed by atoms with Gasteiger partial charge in [0.05, 0.1) is 11.3 Å². The van der Waals surface area contributed by atoms with Crippen molar-refractivity contribution in [1.82, 2.24) is 10.2 Å². The zero-order valence-corrected chi connectivity index (χ0v) is 13.7. The maximum absolute atomic E-state index is 5.87. The zero-order chi connectivity index (χ0) is 15.6. The smallest absolute Gasteiger partial charge is 0.161 e. The number of benzene rings is 1. The van der Waals surface area contributed by atoms with Gasteiger partial charge in [0.25, 0.3) is 0 Å². The van der Waals surface area contributed by atoms with Gasteiger partial charge < -0.3 is 10.6 Å². The second-order valence-corrected chi connectivity index (χ2v) is 5.75. The molecule has 0 aliphatic heterocycles. The molecule has 2 rings (SSSR count). The first-order valence-electron chi connectivity index (χ1n) is 6.80. The van der Waals surface area contributed by atoms with Crippen molar-refractivity contribution in [3.63, 3.8) is 0 Å². The second kappa shape index (κ2) is 6.18. The van der Waals surface area contributed by atoms with Crippen molar-refractivity contribution in [3.05, 3.63) is 52.2 Å². The summed E-state index contributed by atoms with van der Waals surface area (Å²) < 4.78 is 0. The Kier molecular flexibility index (Phi) is 4.53. The third kappa shape index (κ3) is 3.36. The molecule has 1 aromatic carbocycles. The summed E-state index contributed by atoms with van der Waals surface area (Å²) in [4.78, 5) is 2.38. The Bertz CT molecular complexity index is 665. The molecule has 4 nitrogen and oxygen atoms in total. The van der Waals surface area contributed by atoms with Crippen LogP contribution < -0.4 is 10.6 Å². The first-order chi connectivity index (χ1) is 9.90. The highest BCUT2D eigenvalue weighted by Crippen LogP contribution is 2.22. The summed E-state index contributed by atoms with van der Waals surface area (Å²) in [6.45, 7) is 6.69. The molecule has 0 aliphatic rings. The van der Waals surface area contributed by atoms with Gasteiger partial charge in [-0.15, -0.1) is 5.10 Å². The van der Waals surface area contributed by atoms with Crippen LogP contribution >= 0.6 is 12.2 Å². The summed E-state index contributed by atoms with van der Waals surface area (Å²) in [6, 6.07) is 8.43. The average Bonchev–Trinajstić information content (AvgIpc) is 2.43. The van der Waals surface area contributed by atoms with E-state index in [0.717, 1.165) is 29.2 Å². The van der Waals surface area contributed by atoms with Crippen LogP contribution in [0.25, 0.3) is 0 Å². The molecule has 21 heavy (non-hydrogen) atoms. The minimum Gasteiger partial charge on any atom is -0.389 e. The van der Waals surface area contributed by atoms with Gasteiger partial charge in [-0.05, 0) is 31.9 Å². The van der Waals surface area contributed by atoms with Crippen LogP contribution in [0, 0.1) is 20.8 Å². The number of anilines is 1. The van der Waals surface area contributed by atoms with Crippen molar-refractivity contribution in [2.45, 2.75) is 27.3 Å². The van der Waals surface area contributed by atoms with Gasteiger partial charge in [-0.25, -0.2) is 0 Å². The van der Waals surface area contributed by atoms with Gasteiger partial charge in [0.2, 0.25) is 0 Å². The van der Waals surface area contributed by atoms with Crippen molar-refractivity contribution < 1.29 is 0 Å². The molecule has 5 heteroatoms. The van der Waals surface area contributed by atoms with E-state index in [1.807, 2.05) is 25.8 Å². The van der Waals surface area contributed by atoms with Gasteiger partial charge in [-0.3, -0.25) is 0 Å². The van der Waals surface area contributed by atoms with E-state index < -0.39 is 0 Å². The molecule has 0 aliphatic carbocycles. The molecule has 0 fully saturated rings. The molecule has 0 saturated heterocycles. The average molecular weight is 300 g/mol. The Morgan fingerprint density at radius 1 is 1.14 bits per heavy atom. The number of aryl methyl sites for hydroxylation is 2. The van der Waals surface area contributed by atoms with E-state index in [1.165, 1.54) is 11.1 Å². The van der Waals surface area contributed by atoms with Crippen LogP contribution in [-0.2, 0) is 6.54 Å². The van der Waals surface area contributed by atoms with Crippen LogP contribution in [0.1, 0.15) is 27.9 Å².